The Hall–Kier alpha value is -2.52. The van der Waals surface area contributed by atoms with Crippen LogP contribution in [0.2, 0.25) is 0 Å². The topological polar surface area (TPSA) is 103 Å². The maximum Gasteiger partial charge on any atom is 0.243 e. The van der Waals surface area contributed by atoms with Crippen LogP contribution in [0.1, 0.15) is 17.1 Å². The van der Waals surface area contributed by atoms with Crippen LogP contribution in [0.15, 0.2) is 39.9 Å². The molecule has 0 bridgehead atoms. The van der Waals surface area contributed by atoms with Gasteiger partial charge in [-0.3, -0.25) is 4.68 Å². The monoisotopic (exact) mass is 361 g/mol. The van der Waals surface area contributed by atoms with Gasteiger partial charge in [-0.2, -0.15) is 10.1 Å². The summed E-state index contributed by atoms with van der Waals surface area (Å²) < 4.78 is 33.7. The summed E-state index contributed by atoms with van der Waals surface area (Å²) in [7, 11) is -1.94. The van der Waals surface area contributed by atoms with Crippen LogP contribution in [-0.2, 0) is 23.5 Å². The Bertz CT molecular complexity index is 974. The molecule has 0 unspecified atom stereocenters. The molecule has 9 heteroatoms. The summed E-state index contributed by atoms with van der Waals surface area (Å²) in [6.45, 7) is 3.81. The molecule has 0 saturated heterocycles. The first-order valence-electron chi connectivity index (χ1n) is 7.75. The number of nitrogens with one attached hydrogen (secondary N) is 1. The van der Waals surface area contributed by atoms with Gasteiger partial charge in [0.1, 0.15) is 4.90 Å². The number of nitrogens with zero attached hydrogens (tertiary/aromatic N) is 4. The normalized spacial score (nSPS) is 11.8. The molecular weight excluding hydrogens is 342 g/mol. The second-order valence-corrected chi connectivity index (χ2v) is 7.51. The molecule has 25 heavy (non-hydrogen) atoms. The first-order chi connectivity index (χ1) is 11.8. The Balaban J connectivity index is 1.63. The minimum atomic E-state index is -3.61. The standard InChI is InChI=1S/C16H19N5O3S/c1-11-4-6-13(7-5-11)16-18-15(24-20-16)8-9-17-25(22,23)14-10-21(3)19-12(14)2/h4-7,10,17H,8-9H2,1-3H3. The molecule has 132 valence electrons. The lowest BCUT2D eigenvalue weighted by Gasteiger charge is -2.03. The Labute approximate surface area is 145 Å². The fraction of sp³-hybridized carbons (Fsp3) is 0.312. The molecule has 0 fully saturated rings. The molecule has 8 nitrogen and oxygen atoms in total. The third-order valence-corrected chi connectivity index (χ3v) is 5.23. The SMILES string of the molecule is Cc1ccc(-c2noc(CCNS(=O)(=O)c3cn(C)nc3C)n2)cc1. The highest BCUT2D eigenvalue weighted by Crippen LogP contribution is 2.16. The molecule has 1 N–H and O–H groups in total. The highest BCUT2D eigenvalue weighted by Gasteiger charge is 2.19. The van der Waals surface area contributed by atoms with Crippen molar-refractivity contribution in [1.82, 2.24) is 24.6 Å². The van der Waals surface area contributed by atoms with Gasteiger partial charge >= 0.3 is 0 Å². The van der Waals surface area contributed by atoms with E-state index >= 15 is 0 Å². The molecule has 0 amide bonds. The second-order valence-electron chi connectivity index (χ2n) is 5.78. The number of aromatic nitrogens is 4. The van der Waals surface area contributed by atoms with Crippen LogP contribution >= 0.6 is 0 Å². The number of benzene rings is 1. The van der Waals surface area contributed by atoms with Crippen LogP contribution in [0.4, 0.5) is 0 Å². The summed E-state index contributed by atoms with van der Waals surface area (Å²) in [5.74, 6) is 0.863. The molecular formula is C16H19N5O3S. The lowest BCUT2D eigenvalue weighted by Crippen LogP contribution is -2.26. The molecule has 0 radical (unpaired) electrons. The predicted octanol–water partition coefficient (Wildman–Crippen LogP) is 1.61. The van der Waals surface area contributed by atoms with Crippen molar-refractivity contribution >= 4 is 10.0 Å². The van der Waals surface area contributed by atoms with Gasteiger partial charge in [-0.1, -0.05) is 35.0 Å². The van der Waals surface area contributed by atoms with Crippen LogP contribution in [0.3, 0.4) is 0 Å². The van der Waals surface area contributed by atoms with Gasteiger partial charge < -0.3 is 4.52 Å². The number of hydrogen-bond acceptors (Lipinski definition) is 6. The van der Waals surface area contributed by atoms with Crippen molar-refractivity contribution in [3.05, 3.63) is 47.6 Å². The van der Waals surface area contributed by atoms with Crippen molar-refractivity contribution in [3.63, 3.8) is 0 Å². The lowest BCUT2D eigenvalue weighted by atomic mass is 10.1. The van der Waals surface area contributed by atoms with E-state index in [4.69, 9.17) is 4.52 Å². The highest BCUT2D eigenvalue weighted by molar-refractivity contribution is 7.89. The van der Waals surface area contributed by atoms with Crippen molar-refractivity contribution in [2.75, 3.05) is 6.54 Å². The number of sulfonamides is 1. The average Bonchev–Trinajstić information content (AvgIpc) is 3.15. The van der Waals surface area contributed by atoms with E-state index in [0.29, 0.717) is 23.8 Å². The fourth-order valence-corrected chi connectivity index (χ4v) is 3.64. The number of rotatable bonds is 6. The van der Waals surface area contributed by atoms with Crippen LogP contribution in [-0.4, -0.2) is 34.9 Å². The molecule has 0 aliphatic heterocycles. The fourth-order valence-electron chi connectivity index (χ4n) is 2.39. The summed E-state index contributed by atoms with van der Waals surface area (Å²) in [6.07, 6.45) is 1.78. The van der Waals surface area contributed by atoms with Gasteiger partial charge in [-0.05, 0) is 13.8 Å². The van der Waals surface area contributed by atoms with Gasteiger partial charge in [0, 0.05) is 31.8 Å². The highest BCUT2D eigenvalue weighted by atomic mass is 32.2. The quantitative estimate of drug-likeness (QED) is 0.715. The van der Waals surface area contributed by atoms with Crippen LogP contribution in [0.5, 0.6) is 0 Å². The molecule has 1 aromatic carbocycles. The maximum absolute atomic E-state index is 12.3. The minimum absolute atomic E-state index is 0.159. The van der Waals surface area contributed by atoms with E-state index in [1.165, 1.54) is 10.9 Å². The van der Waals surface area contributed by atoms with Gasteiger partial charge in [0.15, 0.2) is 0 Å². The van der Waals surface area contributed by atoms with E-state index in [9.17, 15) is 8.42 Å². The summed E-state index contributed by atoms with van der Waals surface area (Å²) in [6, 6.07) is 7.77. The average molecular weight is 361 g/mol. The minimum Gasteiger partial charge on any atom is -0.339 e. The van der Waals surface area contributed by atoms with Crippen LogP contribution < -0.4 is 4.72 Å². The molecule has 0 atom stereocenters. The summed E-state index contributed by atoms with van der Waals surface area (Å²) in [4.78, 5) is 4.46. The molecule has 2 heterocycles. The third kappa shape index (κ3) is 3.94. The zero-order chi connectivity index (χ0) is 18.0. The van der Waals surface area contributed by atoms with Crippen molar-refractivity contribution < 1.29 is 12.9 Å². The van der Waals surface area contributed by atoms with Crippen molar-refractivity contribution in [2.24, 2.45) is 7.05 Å². The Morgan fingerprint density at radius 2 is 1.92 bits per heavy atom. The molecule has 3 aromatic rings. The Morgan fingerprint density at radius 1 is 1.20 bits per heavy atom. The summed E-state index contributed by atoms with van der Waals surface area (Å²) in [5.41, 5.74) is 2.45. The van der Waals surface area contributed by atoms with E-state index in [1.807, 2.05) is 31.2 Å². The number of hydrogen-bond donors (Lipinski definition) is 1. The zero-order valence-corrected chi connectivity index (χ0v) is 15.0. The van der Waals surface area contributed by atoms with E-state index in [-0.39, 0.29) is 11.4 Å². The molecule has 2 aromatic heterocycles. The third-order valence-electron chi connectivity index (χ3n) is 3.67. The number of aryl methyl sites for hydroxylation is 3. The molecule has 0 saturated carbocycles. The smallest absolute Gasteiger partial charge is 0.243 e. The summed E-state index contributed by atoms with van der Waals surface area (Å²) in [5, 5.41) is 7.97. The van der Waals surface area contributed by atoms with Gasteiger partial charge in [-0.15, -0.1) is 0 Å². The zero-order valence-electron chi connectivity index (χ0n) is 14.2. The molecule has 0 aliphatic rings. The lowest BCUT2D eigenvalue weighted by molar-refractivity contribution is 0.379. The molecule has 3 rings (SSSR count). The van der Waals surface area contributed by atoms with E-state index < -0.39 is 10.0 Å². The molecule has 0 aliphatic carbocycles. The largest absolute Gasteiger partial charge is 0.339 e. The van der Waals surface area contributed by atoms with E-state index in [0.717, 1.165) is 11.1 Å². The Kier molecular flexibility index (Phi) is 4.69. The van der Waals surface area contributed by atoms with E-state index in [1.54, 1.807) is 14.0 Å². The predicted molar refractivity (Wildman–Crippen MR) is 91.3 cm³/mol. The second kappa shape index (κ2) is 6.77. The van der Waals surface area contributed by atoms with Crippen molar-refractivity contribution in [3.8, 4) is 11.4 Å². The first kappa shape index (κ1) is 17.3. The summed E-state index contributed by atoms with van der Waals surface area (Å²) >= 11 is 0. The molecule has 0 spiro atoms. The Morgan fingerprint density at radius 3 is 2.56 bits per heavy atom. The van der Waals surface area contributed by atoms with Gasteiger partial charge in [-0.25, -0.2) is 13.1 Å². The van der Waals surface area contributed by atoms with E-state index in [2.05, 4.69) is 20.0 Å². The van der Waals surface area contributed by atoms with Crippen LogP contribution in [0.25, 0.3) is 11.4 Å². The maximum atomic E-state index is 12.3. The van der Waals surface area contributed by atoms with Gasteiger partial charge in [0.2, 0.25) is 21.7 Å². The van der Waals surface area contributed by atoms with Gasteiger partial charge in [0.25, 0.3) is 0 Å². The van der Waals surface area contributed by atoms with Crippen molar-refractivity contribution in [1.29, 1.82) is 0 Å². The van der Waals surface area contributed by atoms with Crippen molar-refractivity contribution in [2.45, 2.75) is 25.2 Å². The van der Waals surface area contributed by atoms with Gasteiger partial charge in [0.05, 0.1) is 5.69 Å². The first-order valence-corrected chi connectivity index (χ1v) is 9.23. The van der Waals surface area contributed by atoms with Crippen LogP contribution in [0, 0.1) is 13.8 Å².